The van der Waals surface area contributed by atoms with E-state index in [0.29, 0.717) is 51.2 Å². The Hall–Kier alpha value is -4.20. The van der Waals surface area contributed by atoms with Crippen molar-refractivity contribution < 1.29 is 33.5 Å². The first-order chi connectivity index (χ1) is 20.9. The van der Waals surface area contributed by atoms with Crippen LogP contribution in [0.5, 0.6) is 0 Å². The summed E-state index contributed by atoms with van der Waals surface area (Å²) in [5.41, 5.74) is 12.2. The maximum absolute atomic E-state index is 13.3. The second-order valence-corrected chi connectivity index (χ2v) is 11.1. The van der Waals surface area contributed by atoms with Gasteiger partial charge in [-0.25, -0.2) is 4.79 Å². The molecular weight excluding hydrogens is 570 g/mol. The first-order valence-electron chi connectivity index (χ1n) is 15.1. The maximum atomic E-state index is 13.3. The number of likely N-dealkylation sites (tertiary alicyclic amines) is 1. The highest BCUT2D eigenvalue weighted by Crippen LogP contribution is 2.19. The van der Waals surface area contributed by atoms with Gasteiger partial charge < -0.3 is 42.4 Å². The molecule has 1 aromatic rings. The van der Waals surface area contributed by atoms with Gasteiger partial charge in [0.1, 0.15) is 12.1 Å². The van der Waals surface area contributed by atoms with E-state index in [4.69, 9.17) is 16.2 Å². The summed E-state index contributed by atoms with van der Waals surface area (Å²) in [4.78, 5) is 76.5. The number of benzene rings is 1. The van der Waals surface area contributed by atoms with Gasteiger partial charge in [0.2, 0.25) is 23.6 Å². The molecule has 0 unspecified atom stereocenters. The molecule has 0 bridgehead atoms. The molecule has 244 valence electrons. The quantitative estimate of drug-likeness (QED) is 0.115. The summed E-state index contributed by atoms with van der Waals surface area (Å²) in [6, 6.07) is 4.34. The number of ether oxygens (including phenoxy) is 1. The minimum Gasteiger partial charge on any atom is -0.466 e. The number of primary amides is 1. The van der Waals surface area contributed by atoms with Crippen molar-refractivity contribution in [2.75, 3.05) is 31.6 Å². The van der Waals surface area contributed by atoms with Crippen LogP contribution in [0.2, 0.25) is 0 Å². The number of hydrogen-bond acceptors (Lipinski definition) is 8. The standard InChI is InChI=1S/C30H47N7O7/c1-4-44-29(42)21-13-16-37(17-14-21)25(39)12-11-24(38)36-26(19(2)3)28(41)35-23(6-5-15-33-30(32)43)27(40)34-22-9-7-20(18-31)8-10-22/h7-10,19,21,23,26H,4-6,11-18,31H2,1-3H3,(H,34,40)(H,35,41)(H,36,38)(H3,32,33,43)/t23-,26-/m0/s1. The minimum atomic E-state index is -0.969. The van der Waals surface area contributed by atoms with E-state index in [1.807, 2.05) is 0 Å². The normalized spacial score (nSPS) is 14.7. The Kier molecular flexibility index (Phi) is 15.1. The van der Waals surface area contributed by atoms with Gasteiger partial charge in [0.25, 0.3) is 0 Å². The van der Waals surface area contributed by atoms with Crippen molar-refractivity contribution in [3.8, 4) is 0 Å². The van der Waals surface area contributed by atoms with Gasteiger partial charge in [-0.3, -0.25) is 24.0 Å². The second-order valence-electron chi connectivity index (χ2n) is 11.1. The molecule has 8 N–H and O–H groups in total. The van der Waals surface area contributed by atoms with E-state index < -0.39 is 35.8 Å². The topological polar surface area (TPSA) is 215 Å². The Morgan fingerprint density at radius 3 is 2.20 bits per heavy atom. The van der Waals surface area contributed by atoms with E-state index >= 15 is 0 Å². The zero-order valence-corrected chi connectivity index (χ0v) is 25.9. The molecule has 2 rings (SSSR count). The number of nitrogens with zero attached hydrogens (tertiary/aromatic N) is 1. The fraction of sp³-hybridized carbons (Fsp3) is 0.600. The van der Waals surface area contributed by atoms with Gasteiger partial charge in [-0.05, 0) is 56.2 Å². The number of nitrogens with two attached hydrogens (primary N) is 2. The van der Waals surface area contributed by atoms with Crippen LogP contribution in [-0.2, 0) is 35.3 Å². The summed E-state index contributed by atoms with van der Waals surface area (Å²) in [5, 5.41) is 10.7. The molecule has 0 radical (unpaired) electrons. The fourth-order valence-electron chi connectivity index (χ4n) is 4.79. The molecule has 0 aliphatic carbocycles. The third-order valence-corrected chi connectivity index (χ3v) is 7.36. The number of rotatable bonds is 16. The van der Waals surface area contributed by atoms with Crippen LogP contribution in [0.25, 0.3) is 0 Å². The average Bonchev–Trinajstić information content (AvgIpc) is 3.00. The molecular formula is C30H47N7O7. The predicted octanol–water partition coefficient (Wildman–Crippen LogP) is 0.740. The Labute approximate surface area is 258 Å². The third kappa shape index (κ3) is 12.2. The fourth-order valence-corrected chi connectivity index (χ4v) is 4.79. The van der Waals surface area contributed by atoms with Crippen LogP contribution in [0, 0.1) is 11.8 Å². The van der Waals surface area contributed by atoms with Crippen LogP contribution >= 0.6 is 0 Å². The van der Waals surface area contributed by atoms with Crippen molar-refractivity contribution >= 4 is 41.3 Å². The Bertz CT molecular complexity index is 1140. The molecule has 44 heavy (non-hydrogen) atoms. The number of hydrogen-bond donors (Lipinski definition) is 6. The molecule has 6 amide bonds. The van der Waals surface area contributed by atoms with Gasteiger partial charge in [0, 0.05) is 44.7 Å². The van der Waals surface area contributed by atoms with Crippen LogP contribution in [0.15, 0.2) is 24.3 Å². The largest absolute Gasteiger partial charge is 0.466 e. The summed E-state index contributed by atoms with van der Waals surface area (Å²) in [7, 11) is 0. The van der Waals surface area contributed by atoms with Crippen LogP contribution in [0.4, 0.5) is 10.5 Å². The number of urea groups is 1. The summed E-state index contributed by atoms with van der Waals surface area (Å²) in [6.07, 6.45) is 1.42. The molecule has 1 heterocycles. The lowest BCUT2D eigenvalue weighted by Crippen LogP contribution is -2.54. The second kappa shape index (κ2) is 18.5. The van der Waals surface area contributed by atoms with Gasteiger partial charge in [-0.1, -0.05) is 26.0 Å². The van der Waals surface area contributed by atoms with E-state index in [2.05, 4.69) is 21.3 Å². The van der Waals surface area contributed by atoms with Crippen molar-refractivity contribution in [1.82, 2.24) is 20.9 Å². The molecule has 14 heteroatoms. The lowest BCUT2D eigenvalue weighted by Gasteiger charge is -2.31. The molecule has 1 aliphatic rings. The molecule has 1 aliphatic heterocycles. The summed E-state index contributed by atoms with van der Waals surface area (Å²) in [5.74, 6) is -2.49. The lowest BCUT2D eigenvalue weighted by molar-refractivity contribution is -0.151. The number of carbonyl (C=O) groups excluding carboxylic acids is 6. The number of nitrogens with one attached hydrogen (secondary N) is 4. The van der Waals surface area contributed by atoms with Crippen molar-refractivity contribution in [1.29, 1.82) is 0 Å². The van der Waals surface area contributed by atoms with Gasteiger partial charge in [0.15, 0.2) is 0 Å². The first kappa shape index (κ1) is 36.0. The third-order valence-electron chi connectivity index (χ3n) is 7.36. The highest BCUT2D eigenvalue weighted by Gasteiger charge is 2.30. The molecule has 1 saturated heterocycles. The molecule has 2 atom stereocenters. The summed E-state index contributed by atoms with van der Waals surface area (Å²) >= 11 is 0. The lowest BCUT2D eigenvalue weighted by atomic mass is 9.96. The first-order valence-corrected chi connectivity index (χ1v) is 15.1. The van der Waals surface area contributed by atoms with Crippen molar-refractivity contribution in [3.63, 3.8) is 0 Å². The van der Waals surface area contributed by atoms with Gasteiger partial charge in [0.05, 0.1) is 12.5 Å². The maximum Gasteiger partial charge on any atom is 0.312 e. The number of amides is 6. The van der Waals surface area contributed by atoms with Gasteiger partial charge in [-0.2, -0.15) is 0 Å². The molecule has 1 aromatic carbocycles. The van der Waals surface area contributed by atoms with E-state index in [1.165, 1.54) is 0 Å². The molecule has 0 aromatic heterocycles. The van der Waals surface area contributed by atoms with E-state index in [0.717, 1.165) is 5.56 Å². The van der Waals surface area contributed by atoms with Crippen LogP contribution in [-0.4, -0.2) is 78.9 Å². The van der Waals surface area contributed by atoms with Crippen molar-refractivity contribution in [2.24, 2.45) is 23.3 Å². The number of esters is 1. The van der Waals surface area contributed by atoms with E-state index in [9.17, 15) is 28.8 Å². The van der Waals surface area contributed by atoms with Crippen LogP contribution in [0.3, 0.4) is 0 Å². The highest BCUT2D eigenvalue weighted by atomic mass is 16.5. The Morgan fingerprint density at radius 2 is 1.64 bits per heavy atom. The van der Waals surface area contributed by atoms with Crippen molar-refractivity contribution in [3.05, 3.63) is 29.8 Å². The smallest absolute Gasteiger partial charge is 0.312 e. The van der Waals surface area contributed by atoms with E-state index in [1.54, 1.807) is 49.9 Å². The summed E-state index contributed by atoms with van der Waals surface area (Å²) in [6.45, 7) is 6.97. The van der Waals surface area contributed by atoms with E-state index in [-0.39, 0.29) is 49.5 Å². The van der Waals surface area contributed by atoms with Gasteiger partial charge in [-0.15, -0.1) is 0 Å². The zero-order chi connectivity index (χ0) is 32.6. The Morgan fingerprint density at radius 1 is 0.977 bits per heavy atom. The van der Waals surface area contributed by atoms with Crippen LogP contribution < -0.4 is 32.7 Å². The molecule has 0 spiro atoms. The molecule has 14 nitrogen and oxygen atoms in total. The zero-order valence-electron chi connectivity index (χ0n) is 25.9. The summed E-state index contributed by atoms with van der Waals surface area (Å²) < 4.78 is 5.06. The minimum absolute atomic E-state index is 0.0385. The predicted molar refractivity (Wildman–Crippen MR) is 164 cm³/mol. The number of carbonyl (C=O) groups is 6. The van der Waals surface area contributed by atoms with Crippen molar-refractivity contribution in [2.45, 2.75) is 77.9 Å². The monoisotopic (exact) mass is 617 g/mol. The number of piperidine rings is 1. The molecule has 0 saturated carbocycles. The SMILES string of the molecule is CCOC(=O)C1CCN(C(=O)CCC(=O)N[C@H](C(=O)N[C@@H](CCCNC(N)=O)C(=O)Nc2ccc(CN)cc2)C(C)C)CC1. The van der Waals surface area contributed by atoms with Gasteiger partial charge >= 0.3 is 12.0 Å². The van der Waals surface area contributed by atoms with Crippen LogP contribution in [0.1, 0.15) is 64.9 Å². The Balaban J connectivity index is 1.95. The average molecular weight is 618 g/mol. The highest BCUT2D eigenvalue weighted by molar-refractivity contribution is 5.98. The molecule has 1 fully saturated rings. The number of anilines is 1.